The number of aromatic hydroxyl groups is 1. The van der Waals surface area contributed by atoms with Crippen molar-refractivity contribution >= 4 is 5.97 Å². The summed E-state index contributed by atoms with van der Waals surface area (Å²) in [5.74, 6) is -1.47. The van der Waals surface area contributed by atoms with Crippen LogP contribution in [-0.2, 0) is 0 Å². The third-order valence-corrected chi connectivity index (χ3v) is 2.37. The molecule has 2 rings (SSSR count). The monoisotopic (exact) mass is 246 g/mol. The van der Waals surface area contributed by atoms with Gasteiger partial charge in [0.15, 0.2) is 0 Å². The van der Waals surface area contributed by atoms with E-state index in [1.807, 2.05) is 0 Å². The predicted octanol–water partition coefficient (Wildman–Crippen LogP) is 1.56. The minimum absolute atomic E-state index is 0.164. The molecule has 0 fully saturated rings. The Morgan fingerprint density at radius 1 is 1.22 bits per heavy atom. The van der Waals surface area contributed by atoms with Gasteiger partial charge in [0.05, 0.1) is 7.11 Å². The fraction of sp³-hybridized carbons (Fsp3) is 0.0833. The van der Waals surface area contributed by atoms with Crippen LogP contribution < -0.4 is 4.74 Å². The number of carboxylic acid groups (broad SMARTS) is 1. The van der Waals surface area contributed by atoms with E-state index in [4.69, 9.17) is 9.84 Å². The molecule has 6 heteroatoms. The molecule has 0 spiro atoms. The zero-order valence-corrected chi connectivity index (χ0v) is 9.49. The van der Waals surface area contributed by atoms with Crippen LogP contribution >= 0.6 is 0 Å². The van der Waals surface area contributed by atoms with Crippen LogP contribution in [0.15, 0.2) is 30.6 Å². The Bertz CT molecular complexity index is 581. The summed E-state index contributed by atoms with van der Waals surface area (Å²) >= 11 is 0. The third kappa shape index (κ3) is 2.22. The summed E-state index contributed by atoms with van der Waals surface area (Å²) in [6.45, 7) is 0. The number of phenols is 1. The minimum Gasteiger partial charge on any atom is -0.507 e. The van der Waals surface area contributed by atoms with Crippen LogP contribution in [0.3, 0.4) is 0 Å². The lowest BCUT2D eigenvalue weighted by molar-refractivity contribution is 0.0694. The van der Waals surface area contributed by atoms with Crippen molar-refractivity contribution in [3.8, 4) is 22.9 Å². The van der Waals surface area contributed by atoms with Crippen LogP contribution in [0.1, 0.15) is 10.4 Å². The van der Waals surface area contributed by atoms with Crippen LogP contribution in [0.25, 0.3) is 11.1 Å². The first-order chi connectivity index (χ1) is 8.61. The highest BCUT2D eigenvalue weighted by atomic mass is 16.5. The minimum atomic E-state index is -1.19. The molecule has 0 aliphatic heterocycles. The maximum absolute atomic E-state index is 10.9. The Morgan fingerprint density at radius 3 is 2.44 bits per heavy atom. The molecule has 18 heavy (non-hydrogen) atoms. The topological polar surface area (TPSA) is 92.5 Å². The average Bonchev–Trinajstić information content (AvgIpc) is 2.39. The van der Waals surface area contributed by atoms with Crippen molar-refractivity contribution in [3.05, 3.63) is 36.2 Å². The Hall–Kier alpha value is -2.63. The molecular weight excluding hydrogens is 236 g/mol. The number of methoxy groups -OCH3 is 1. The number of nitrogens with zero attached hydrogens (tertiary/aromatic N) is 2. The summed E-state index contributed by atoms with van der Waals surface area (Å²) in [6.07, 6.45) is 3.04. The maximum Gasteiger partial charge on any atom is 0.339 e. The van der Waals surface area contributed by atoms with Gasteiger partial charge in [-0.1, -0.05) is 6.07 Å². The standard InChI is InChI=1S/C12H10N2O4/c1-18-12-13-5-8(6-14-12)7-2-3-10(15)9(4-7)11(16)17/h2-6,15H,1H3,(H,16,17). The van der Waals surface area contributed by atoms with Crippen molar-refractivity contribution in [3.63, 3.8) is 0 Å². The van der Waals surface area contributed by atoms with E-state index in [9.17, 15) is 9.90 Å². The smallest absolute Gasteiger partial charge is 0.339 e. The molecule has 1 aromatic heterocycles. The van der Waals surface area contributed by atoms with Gasteiger partial charge >= 0.3 is 12.0 Å². The molecule has 2 N–H and O–H groups in total. The van der Waals surface area contributed by atoms with Crippen molar-refractivity contribution in [1.29, 1.82) is 0 Å². The van der Waals surface area contributed by atoms with E-state index >= 15 is 0 Å². The summed E-state index contributed by atoms with van der Waals surface area (Å²) in [5.41, 5.74) is 1.08. The number of carbonyl (C=O) groups is 1. The van der Waals surface area contributed by atoms with Gasteiger partial charge in [-0.3, -0.25) is 0 Å². The summed E-state index contributed by atoms with van der Waals surface area (Å²) in [5, 5.41) is 18.3. The van der Waals surface area contributed by atoms with Gasteiger partial charge in [-0.25, -0.2) is 14.8 Å². The molecule has 0 aliphatic carbocycles. The number of ether oxygens (including phenoxy) is 1. The summed E-state index contributed by atoms with van der Waals surface area (Å²) in [7, 11) is 1.46. The van der Waals surface area contributed by atoms with E-state index in [1.165, 1.54) is 31.6 Å². The second-order valence-electron chi connectivity index (χ2n) is 3.50. The zero-order valence-electron chi connectivity index (χ0n) is 9.49. The first kappa shape index (κ1) is 11.8. The summed E-state index contributed by atoms with van der Waals surface area (Å²) < 4.78 is 4.83. The number of hydrogen-bond acceptors (Lipinski definition) is 5. The second kappa shape index (κ2) is 4.70. The quantitative estimate of drug-likeness (QED) is 0.853. The van der Waals surface area contributed by atoms with Crippen LogP contribution in [0.5, 0.6) is 11.8 Å². The second-order valence-corrected chi connectivity index (χ2v) is 3.50. The Labute approximate surface area is 103 Å². The van der Waals surface area contributed by atoms with Gasteiger partial charge in [0.1, 0.15) is 11.3 Å². The molecule has 1 heterocycles. The van der Waals surface area contributed by atoms with E-state index in [-0.39, 0.29) is 17.3 Å². The maximum atomic E-state index is 10.9. The first-order valence-electron chi connectivity index (χ1n) is 5.04. The number of aromatic carboxylic acids is 1. The van der Waals surface area contributed by atoms with E-state index in [2.05, 4.69) is 9.97 Å². The zero-order chi connectivity index (χ0) is 13.1. The average molecular weight is 246 g/mol. The third-order valence-electron chi connectivity index (χ3n) is 2.37. The highest BCUT2D eigenvalue weighted by Gasteiger charge is 2.11. The Kier molecular flexibility index (Phi) is 3.09. The van der Waals surface area contributed by atoms with Crippen molar-refractivity contribution < 1.29 is 19.7 Å². The lowest BCUT2D eigenvalue weighted by atomic mass is 10.1. The van der Waals surface area contributed by atoms with E-state index in [0.717, 1.165) is 0 Å². The SMILES string of the molecule is COc1ncc(-c2ccc(O)c(C(=O)O)c2)cn1. The van der Waals surface area contributed by atoms with Crippen LogP contribution in [-0.4, -0.2) is 33.3 Å². The molecular formula is C12H10N2O4. The van der Waals surface area contributed by atoms with Gasteiger partial charge in [0.2, 0.25) is 0 Å². The van der Waals surface area contributed by atoms with Crippen LogP contribution in [0.2, 0.25) is 0 Å². The fourth-order valence-corrected chi connectivity index (χ4v) is 1.46. The molecule has 0 radical (unpaired) electrons. The van der Waals surface area contributed by atoms with Crippen molar-refractivity contribution in [2.75, 3.05) is 7.11 Å². The molecule has 0 amide bonds. The molecule has 2 aromatic rings. The molecule has 6 nitrogen and oxygen atoms in total. The van der Waals surface area contributed by atoms with E-state index in [0.29, 0.717) is 11.1 Å². The number of benzene rings is 1. The van der Waals surface area contributed by atoms with Gasteiger partial charge in [0.25, 0.3) is 0 Å². The largest absolute Gasteiger partial charge is 0.507 e. The van der Waals surface area contributed by atoms with Crippen molar-refractivity contribution in [1.82, 2.24) is 9.97 Å². The lowest BCUT2D eigenvalue weighted by Gasteiger charge is -2.05. The van der Waals surface area contributed by atoms with Crippen LogP contribution in [0.4, 0.5) is 0 Å². The van der Waals surface area contributed by atoms with Gasteiger partial charge in [-0.05, 0) is 17.7 Å². The van der Waals surface area contributed by atoms with Crippen molar-refractivity contribution in [2.24, 2.45) is 0 Å². The summed E-state index contributed by atoms with van der Waals surface area (Å²) in [4.78, 5) is 18.7. The van der Waals surface area contributed by atoms with Gasteiger partial charge < -0.3 is 14.9 Å². The molecule has 92 valence electrons. The molecule has 0 unspecified atom stereocenters. The van der Waals surface area contributed by atoms with E-state index < -0.39 is 5.97 Å². The number of aromatic nitrogens is 2. The van der Waals surface area contributed by atoms with Gasteiger partial charge in [0, 0.05) is 18.0 Å². The fourth-order valence-electron chi connectivity index (χ4n) is 1.46. The molecule has 0 saturated heterocycles. The number of rotatable bonds is 3. The van der Waals surface area contributed by atoms with Crippen molar-refractivity contribution in [2.45, 2.75) is 0 Å². The lowest BCUT2D eigenvalue weighted by Crippen LogP contribution is -1.97. The summed E-state index contributed by atoms with van der Waals surface area (Å²) in [6, 6.07) is 4.51. The number of carboxylic acids is 1. The molecule has 0 aliphatic rings. The molecule has 0 bridgehead atoms. The normalized spacial score (nSPS) is 10.1. The predicted molar refractivity (Wildman–Crippen MR) is 62.6 cm³/mol. The van der Waals surface area contributed by atoms with Gasteiger partial charge in [-0.15, -0.1) is 0 Å². The Balaban J connectivity index is 2.44. The molecule has 0 saturated carbocycles. The Morgan fingerprint density at radius 2 is 1.89 bits per heavy atom. The first-order valence-corrected chi connectivity index (χ1v) is 5.04. The highest BCUT2D eigenvalue weighted by molar-refractivity contribution is 5.92. The number of hydrogen-bond donors (Lipinski definition) is 2. The van der Waals surface area contributed by atoms with E-state index in [1.54, 1.807) is 6.07 Å². The molecule has 0 atom stereocenters. The van der Waals surface area contributed by atoms with Gasteiger partial charge in [-0.2, -0.15) is 0 Å². The molecule has 1 aromatic carbocycles. The van der Waals surface area contributed by atoms with Crippen LogP contribution in [0, 0.1) is 0 Å². The highest BCUT2D eigenvalue weighted by Crippen LogP contribution is 2.25.